The van der Waals surface area contributed by atoms with Crippen molar-refractivity contribution in [2.75, 3.05) is 4.90 Å². The highest BCUT2D eigenvalue weighted by Crippen LogP contribution is 2.36. The molecule has 1 atom stereocenters. The smallest absolute Gasteiger partial charge is 0.0461 e. The molecule has 0 saturated heterocycles. The van der Waals surface area contributed by atoms with E-state index < -0.39 is 0 Å². The standard InChI is InChI=1S/C32H35N/c1-23(2)27-7-6-8-28(14-13-27)26(5)29-15-21-32(22-16-29)33(30-17-9-24(3)10-18-30)31-19-11-25(4)12-20-31/h6-12,14-23,26H,13H2,1-5H3. The number of anilines is 3. The summed E-state index contributed by atoms with van der Waals surface area (Å²) in [6.45, 7) is 11.1. The van der Waals surface area contributed by atoms with Gasteiger partial charge in [-0.1, -0.05) is 98.2 Å². The van der Waals surface area contributed by atoms with Gasteiger partial charge in [-0.15, -0.1) is 0 Å². The first-order valence-corrected chi connectivity index (χ1v) is 12.0. The lowest BCUT2D eigenvalue weighted by Gasteiger charge is -2.26. The van der Waals surface area contributed by atoms with E-state index in [1.807, 2.05) is 0 Å². The first-order chi connectivity index (χ1) is 15.9. The van der Waals surface area contributed by atoms with Gasteiger partial charge in [-0.2, -0.15) is 0 Å². The summed E-state index contributed by atoms with van der Waals surface area (Å²) in [5, 5.41) is 0. The van der Waals surface area contributed by atoms with E-state index in [-0.39, 0.29) is 0 Å². The molecule has 3 aromatic rings. The summed E-state index contributed by atoms with van der Waals surface area (Å²) < 4.78 is 0. The maximum Gasteiger partial charge on any atom is 0.0461 e. The molecule has 0 heterocycles. The molecule has 1 aliphatic carbocycles. The van der Waals surface area contributed by atoms with E-state index in [0.29, 0.717) is 11.8 Å². The van der Waals surface area contributed by atoms with Gasteiger partial charge in [0.25, 0.3) is 0 Å². The molecule has 0 saturated carbocycles. The Bertz CT molecular complexity index is 1110. The second kappa shape index (κ2) is 10.1. The third kappa shape index (κ3) is 5.37. The fourth-order valence-electron chi connectivity index (χ4n) is 4.34. The number of rotatable bonds is 6. The lowest BCUT2D eigenvalue weighted by atomic mass is 9.91. The van der Waals surface area contributed by atoms with Crippen LogP contribution in [0.2, 0.25) is 0 Å². The summed E-state index contributed by atoms with van der Waals surface area (Å²) in [6.07, 6.45) is 10.2. The molecular weight excluding hydrogens is 398 g/mol. The highest BCUT2D eigenvalue weighted by atomic mass is 15.1. The fraction of sp³-hybridized carbons (Fsp3) is 0.250. The highest BCUT2D eigenvalue weighted by molar-refractivity contribution is 5.76. The number of allylic oxidation sites excluding steroid dienone is 6. The van der Waals surface area contributed by atoms with E-state index in [1.165, 1.54) is 44.9 Å². The fourth-order valence-corrected chi connectivity index (χ4v) is 4.34. The minimum atomic E-state index is 0.363. The van der Waals surface area contributed by atoms with Crippen LogP contribution in [0.1, 0.15) is 49.8 Å². The van der Waals surface area contributed by atoms with Crippen LogP contribution in [0.5, 0.6) is 0 Å². The van der Waals surface area contributed by atoms with E-state index in [1.54, 1.807) is 0 Å². The van der Waals surface area contributed by atoms with Crippen LogP contribution in [-0.2, 0) is 0 Å². The average molecular weight is 434 g/mol. The quantitative estimate of drug-likeness (QED) is 0.374. The lowest BCUT2D eigenvalue weighted by molar-refractivity contribution is 0.746. The maximum absolute atomic E-state index is 2.40. The third-order valence-corrected chi connectivity index (χ3v) is 6.65. The van der Waals surface area contributed by atoms with Crippen LogP contribution in [0, 0.1) is 19.8 Å². The Morgan fingerprint density at radius 3 is 1.64 bits per heavy atom. The van der Waals surface area contributed by atoms with Crippen LogP contribution in [0.4, 0.5) is 17.1 Å². The Labute approximate surface area is 199 Å². The molecule has 0 N–H and O–H groups in total. The van der Waals surface area contributed by atoms with Crippen molar-refractivity contribution in [2.45, 2.75) is 47.0 Å². The van der Waals surface area contributed by atoms with Gasteiger partial charge in [-0.05, 0) is 73.7 Å². The van der Waals surface area contributed by atoms with Crippen molar-refractivity contribution in [3.8, 4) is 0 Å². The maximum atomic E-state index is 2.40. The van der Waals surface area contributed by atoms with Crippen LogP contribution in [0.3, 0.4) is 0 Å². The summed E-state index contributed by atoms with van der Waals surface area (Å²) in [6, 6.07) is 26.6. The molecule has 1 aliphatic rings. The van der Waals surface area contributed by atoms with Crippen molar-refractivity contribution in [1.29, 1.82) is 0 Å². The Balaban J connectivity index is 1.63. The molecule has 1 heteroatoms. The normalized spacial score (nSPS) is 14.5. The number of nitrogens with zero attached hydrogens (tertiary/aromatic N) is 1. The Hall–Kier alpha value is -3.32. The summed E-state index contributed by atoms with van der Waals surface area (Å²) >= 11 is 0. The molecule has 0 aromatic heterocycles. The van der Waals surface area contributed by atoms with Gasteiger partial charge in [0.1, 0.15) is 0 Å². The molecule has 0 spiro atoms. The van der Waals surface area contributed by atoms with E-state index in [2.05, 4.69) is 137 Å². The number of hydrogen-bond acceptors (Lipinski definition) is 1. The highest BCUT2D eigenvalue weighted by Gasteiger charge is 2.15. The van der Waals surface area contributed by atoms with E-state index >= 15 is 0 Å². The third-order valence-electron chi connectivity index (χ3n) is 6.65. The summed E-state index contributed by atoms with van der Waals surface area (Å²) in [7, 11) is 0. The van der Waals surface area contributed by atoms with Gasteiger partial charge < -0.3 is 4.90 Å². The molecule has 168 valence electrons. The minimum absolute atomic E-state index is 0.363. The van der Waals surface area contributed by atoms with E-state index in [0.717, 1.165) is 6.42 Å². The average Bonchev–Trinajstić information content (AvgIpc) is 3.08. The molecule has 3 aromatic carbocycles. The largest absolute Gasteiger partial charge is 0.311 e. The van der Waals surface area contributed by atoms with Crippen LogP contribution >= 0.6 is 0 Å². The molecule has 0 bridgehead atoms. The van der Waals surface area contributed by atoms with Crippen LogP contribution in [0.25, 0.3) is 0 Å². The minimum Gasteiger partial charge on any atom is -0.311 e. The second-order valence-corrected chi connectivity index (χ2v) is 9.48. The first-order valence-electron chi connectivity index (χ1n) is 12.0. The van der Waals surface area contributed by atoms with Gasteiger partial charge in [0.2, 0.25) is 0 Å². The first kappa shape index (κ1) is 22.9. The van der Waals surface area contributed by atoms with Crippen LogP contribution in [0.15, 0.2) is 108 Å². The second-order valence-electron chi connectivity index (χ2n) is 9.48. The predicted molar refractivity (Wildman–Crippen MR) is 144 cm³/mol. The number of aryl methyl sites for hydroxylation is 2. The monoisotopic (exact) mass is 433 g/mol. The zero-order chi connectivity index (χ0) is 23.4. The molecule has 0 radical (unpaired) electrons. The zero-order valence-corrected chi connectivity index (χ0v) is 20.5. The van der Waals surface area contributed by atoms with Gasteiger partial charge in [-0.3, -0.25) is 0 Å². The SMILES string of the molecule is Cc1ccc(N(c2ccc(C)cc2)c2ccc(C(C)C3=CCC(C(C)C)=CC=C3)cc2)cc1. The van der Waals surface area contributed by atoms with Crippen molar-refractivity contribution >= 4 is 17.1 Å². The Morgan fingerprint density at radius 2 is 1.15 bits per heavy atom. The summed E-state index contributed by atoms with van der Waals surface area (Å²) in [4.78, 5) is 2.33. The van der Waals surface area contributed by atoms with Crippen molar-refractivity contribution in [3.05, 3.63) is 125 Å². The van der Waals surface area contributed by atoms with Crippen LogP contribution < -0.4 is 4.90 Å². The number of benzene rings is 3. The van der Waals surface area contributed by atoms with E-state index in [4.69, 9.17) is 0 Å². The van der Waals surface area contributed by atoms with E-state index in [9.17, 15) is 0 Å². The van der Waals surface area contributed by atoms with Gasteiger partial charge in [-0.25, -0.2) is 0 Å². The molecule has 1 unspecified atom stereocenters. The lowest BCUT2D eigenvalue weighted by Crippen LogP contribution is -2.10. The van der Waals surface area contributed by atoms with Crippen molar-refractivity contribution in [3.63, 3.8) is 0 Å². The molecule has 0 amide bonds. The van der Waals surface area contributed by atoms with Gasteiger partial charge in [0, 0.05) is 23.0 Å². The topological polar surface area (TPSA) is 3.24 Å². The van der Waals surface area contributed by atoms with Crippen molar-refractivity contribution in [1.82, 2.24) is 0 Å². The van der Waals surface area contributed by atoms with Crippen LogP contribution in [-0.4, -0.2) is 0 Å². The molecule has 1 nitrogen and oxygen atoms in total. The predicted octanol–water partition coefficient (Wildman–Crippen LogP) is 9.35. The molecule has 0 aliphatic heterocycles. The zero-order valence-electron chi connectivity index (χ0n) is 20.5. The van der Waals surface area contributed by atoms with Crippen molar-refractivity contribution < 1.29 is 0 Å². The molecule has 0 fully saturated rings. The van der Waals surface area contributed by atoms with Gasteiger partial charge in [0.15, 0.2) is 0 Å². The van der Waals surface area contributed by atoms with Crippen molar-refractivity contribution in [2.24, 2.45) is 5.92 Å². The van der Waals surface area contributed by atoms with Gasteiger partial charge in [0.05, 0.1) is 0 Å². The number of hydrogen-bond donors (Lipinski definition) is 0. The molecule has 33 heavy (non-hydrogen) atoms. The summed E-state index contributed by atoms with van der Waals surface area (Å²) in [5.74, 6) is 0.955. The summed E-state index contributed by atoms with van der Waals surface area (Å²) in [5.41, 5.74) is 10.3. The Morgan fingerprint density at radius 1 is 0.667 bits per heavy atom. The molecule has 4 rings (SSSR count). The Kier molecular flexibility index (Phi) is 6.99. The van der Waals surface area contributed by atoms with Gasteiger partial charge >= 0.3 is 0 Å². The molecular formula is C32H35N.